The monoisotopic (exact) mass is 276 g/mol. The van der Waals surface area contributed by atoms with E-state index >= 15 is 0 Å². The lowest BCUT2D eigenvalue weighted by Gasteiger charge is -2.34. The number of hydrogen-bond donors (Lipinski definition) is 2. The molecule has 112 valence electrons. The lowest BCUT2D eigenvalue weighted by atomic mass is 10.0. The summed E-state index contributed by atoms with van der Waals surface area (Å²) in [6.45, 7) is 7.72. The van der Waals surface area contributed by atoms with E-state index in [1.165, 1.54) is 19.3 Å². The SMILES string of the molecule is CCCN(CC1CCCCN1)C(C)c1ccccc1O. The van der Waals surface area contributed by atoms with E-state index in [4.69, 9.17) is 0 Å². The minimum absolute atomic E-state index is 0.264. The normalized spacial score (nSPS) is 21.1. The van der Waals surface area contributed by atoms with E-state index in [0.29, 0.717) is 11.8 Å². The van der Waals surface area contributed by atoms with Crippen LogP contribution in [0.25, 0.3) is 0 Å². The van der Waals surface area contributed by atoms with E-state index in [9.17, 15) is 5.11 Å². The van der Waals surface area contributed by atoms with E-state index < -0.39 is 0 Å². The second-order valence-corrected chi connectivity index (χ2v) is 5.88. The summed E-state index contributed by atoms with van der Waals surface area (Å²) in [4.78, 5) is 2.50. The van der Waals surface area contributed by atoms with Crippen LogP contribution in [-0.4, -0.2) is 35.7 Å². The van der Waals surface area contributed by atoms with E-state index in [0.717, 1.165) is 31.6 Å². The van der Waals surface area contributed by atoms with Gasteiger partial charge >= 0.3 is 0 Å². The molecule has 0 spiro atoms. The van der Waals surface area contributed by atoms with Gasteiger partial charge in [-0.3, -0.25) is 4.90 Å². The minimum Gasteiger partial charge on any atom is -0.508 e. The topological polar surface area (TPSA) is 35.5 Å². The highest BCUT2D eigenvalue weighted by atomic mass is 16.3. The number of nitrogens with zero attached hydrogens (tertiary/aromatic N) is 1. The molecule has 1 heterocycles. The van der Waals surface area contributed by atoms with Crippen LogP contribution >= 0.6 is 0 Å². The average molecular weight is 276 g/mol. The number of piperidine rings is 1. The fourth-order valence-corrected chi connectivity index (χ4v) is 3.13. The smallest absolute Gasteiger partial charge is 0.120 e. The van der Waals surface area contributed by atoms with E-state index in [2.05, 4.69) is 24.1 Å². The Kier molecular flexibility index (Phi) is 5.86. The number of hydrogen-bond acceptors (Lipinski definition) is 3. The molecular formula is C17H28N2O. The maximum atomic E-state index is 10.1. The summed E-state index contributed by atoms with van der Waals surface area (Å²) < 4.78 is 0. The van der Waals surface area contributed by atoms with Crippen LogP contribution in [0.15, 0.2) is 24.3 Å². The number of benzene rings is 1. The van der Waals surface area contributed by atoms with Crippen molar-refractivity contribution in [3.8, 4) is 5.75 Å². The Hall–Kier alpha value is -1.06. The summed E-state index contributed by atoms with van der Waals surface area (Å²) in [5, 5.41) is 13.7. The van der Waals surface area contributed by atoms with Crippen LogP contribution in [0, 0.1) is 0 Å². The van der Waals surface area contributed by atoms with Crippen LogP contribution in [0.3, 0.4) is 0 Å². The highest BCUT2D eigenvalue weighted by Crippen LogP contribution is 2.28. The molecule has 20 heavy (non-hydrogen) atoms. The van der Waals surface area contributed by atoms with Gasteiger partial charge in [0.25, 0.3) is 0 Å². The highest BCUT2D eigenvalue weighted by molar-refractivity contribution is 5.34. The summed E-state index contributed by atoms with van der Waals surface area (Å²) >= 11 is 0. The third-order valence-electron chi connectivity index (χ3n) is 4.31. The maximum Gasteiger partial charge on any atom is 0.120 e. The molecule has 0 bridgehead atoms. The van der Waals surface area contributed by atoms with Gasteiger partial charge in [0, 0.05) is 24.2 Å². The summed E-state index contributed by atoms with van der Waals surface area (Å²) in [6, 6.07) is 8.59. The lowest BCUT2D eigenvalue weighted by Crippen LogP contribution is -2.44. The summed E-state index contributed by atoms with van der Waals surface area (Å²) in [5.41, 5.74) is 1.04. The maximum absolute atomic E-state index is 10.1. The molecule has 0 saturated carbocycles. The van der Waals surface area contributed by atoms with Crippen LogP contribution in [0.5, 0.6) is 5.75 Å². The van der Waals surface area contributed by atoms with E-state index in [1.807, 2.05) is 18.2 Å². The molecule has 1 saturated heterocycles. The molecular weight excluding hydrogens is 248 g/mol. The zero-order valence-corrected chi connectivity index (χ0v) is 12.8. The molecule has 2 N–H and O–H groups in total. The van der Waals surface area contributed by atoms with Crippen LogP contribution < -0.4 is 5.32 Å². The third-order valence-corrected chi connectivity index (χ3v) is 4.31. The van der Waals surface area contributed by atoms with Gasteiger partial charge in [-0.15, -0.1) is 0 Å². The van der Waals surface area contributed by atoms with Crippen molar-refractivity contribution in [2.75, 3.05) is 19.6 Å². The van der Waals surface area contributed by atoms with E-state index in [-0.39, 0.29) is 6.04 Å². The number of para-hydroxylation sites is 1. The molecule has 3 nitrogen and oxygen atoms in total. The second-order valence-electron chi connectivity index (χ2n) is 5.88. The first-order chi connectivity index (χ1) is 9.72. The largest absolute Gasteiger partial charge is 0.508 e. The molecule has 0 aliphatic carbocycles. The summed E-state index contributed by atoms with van der Waals surface area (Å²) in [6.07, 6.45) is 5.06. The Morgan fingerprint density at radius 3 is 2.80 bits per heavy atom. The molecule has 0 aromatic heterocycles. The van der Waals surface area contributed by atoms with Crippen molar-refractivity contribution < 1.29 is 5.11 Å². The molecule has 2 atom stereocenters. The predicted molar refractivity (Wildman–Crippen MR) is 84.0 cm³/mol. The number of phenolic OH excluding ortho intramolecular Hbond substituents is 1. The Labute approximate surface area is 123 Å². The Morgan fingerprint density at radius 2 is 2.15 bits per heavy atom. The van der Waals surface area contributed by atoms with Gasteiger partial charge in [0.2, 0.25) is 0 Å². The Balaban J connectivity index is 2.04. The van der Waals surface area contributed by atoms with Crippen molar-refractivity contribution >= 4 is 0 Å². The van der Waals surface area contributed by atoms with Gasteiger partial charge < -0.3 is 10.4 Å². The second kappa shape index (κ2) is 7.65. The molecule has 1 aromatic rings. The first-order valence-corrected chi connectivity index (χ1v) is 7.97. The van der Waals surface area contributed by atoms with Crippen LogP contribution in [-0.2, 0) is 0 Å². The fourth-order valence-electron chi connectivity index (χ4n) is 3.13. The average Bonchev–Trinajstić information content (AvgIpc) is 2.48. The quantitative estimate of drug-likeness (QED) is 0.837. The molecule has 2 unspecified atom stereocenters. The fraction of sp³-hybridized carbons (Fsp3) is 0.647. The zero-order chi connectivity index (χ0) is 14.4. The molecule has 0 radical (unpaired) electrons. The lowest BCUT2D eigenvalue weighted by molar-refractivity contribution is 0.174. The molecule has 2 rings (SSSR count). The van der Waals surface area contributed by atoms with Crippen molar-refractivity contribution in [1.82, 2.24) is 10.2 Å². The van der Waals surface area contributed by atoms with Gasteiger partial charge in [-0.25, -0.2) is 0 Å². The van der Waals surface area contributed by atoms with Gasteiger partial charge in [-0.2, -0.15) is 0 Å². The van der Waals surface area contributed by atoms with Gasteiger partial charge in [0.1, 0.15) is 5.75 Å². The molecule has 1 aliphatic rings. The number of aromatic hydroxyl groups is 1. The number of nitrogens with one attached hydrogen (secondary N) is 1. The van der Waals surface area contributed by atoms with Crippen molar-refractivity contribution in [2.45, 2.75) is 51.6 Å². The molecule has 3 heteroatoms. The Bertz CT molecular complexity index is 402. The first-order valence-electron chi connectivity index (χ1n) is 7.97. The predicted octanol–water partition coefficient (Wildman–Crippen LogP) is 3.31. The standard InChI is InChI=1S/C17H28N2O/c1-3-12-19(13-15-8-6-7-11-18-15)14(2)16-9-4-5-10-17(16)20/h4-5,9-10,14-15,18,20H,3,6-8,11-13H2,1-2H3. The van der Waals surface area contributed by atoms with Crippen LogP contribution in [0.4, 0.5) is 0 Å². The van der Waals surface area contributed by atoms with Crippen LogP contribution in [0.2, 0.25) is 0 Å². The minimum atomic E-state index is 0.264. The van der Waals surface area contributed by atoms with Crippen molar-refractivity contribution in [2.24, 2.45) is 0 Å². The van der Waals surface area contributed by atoms with Crippen molar-refractivity contribution in [1.29, 1.82) is 0 Å². The summed E-state index contributed by atoms with van der Waals surface area (Å²) in [5.74, 6) is 0.415. The molecule has 1 aliphatic heterocycles. The van der Waals surface area contributed by atoms with Gasteiger partial charge in [0.05, 0.1) is 0 Å². The van der Waals surface area contributed by atoms with Crippen molar-refractivity contribution in [3.05, 3.63) is 29.8 Å². The first kappa shape index (κ1) is 15.3. The van der Waals surface area contributed by atoms with Gasteiger partial charge in [-0.05, 0) is 45.3 Å². The number of rotatable bonds is 6. The van der Waals surface area contributed by atoms with Gasteiger partial charge in [0.15, 0.2) is 0 Å². The van der Waals surface area contributed by atoms with Crippen LogP contribution in [0.1, 0.15) is 51.1 Å². The third kappa shape index (κ3) is 3.97. The van der Waals surface area contributed by atoms with Gasteiger partial charge in [-0.1, -0.05) is 31.5 Å². The Morgan fingerprint density at radius 1 is 1.35 bits per heavy atom. The zero-order valence-electron chi connectivity index (χ0n) is 12.8. The summed E-state index contributed by atoms with van der Waals surface area (Å²) in [7, 11) is 0. The van der Waals surface area contributed by atoms with Crippen molar-refractivity contribution in [3.63, 3.8) is 0 Å². The highest BCUT2D eigenvalue weighted by Gasteiger charge is 2.22. The van der Waals surface area contributed by atoms with E-state index in [1.54, 1.807) is 6.07 Å². The molecule has 1 aromatic carbocycles. The number of phenols is 1. The molecule has 1 fully saturated rings. The molecule has 0 amide bonds.